The molecule has 0 spiro atoms. The topological polar surface area (TPSA) is 114 Å². The summed E-state index contributed by atoms with van der Waals surface area (Å²) in [5, 5.41) is 23.2. The van der Waals surface area contributed by atoms with E-state index in [2.05, 4.69) is 21.2 Å². The van der Waals surface area contributed by atoms with Crippen molar-refractivity contribution in [3.8, 4) is 17.6 Å². The van der Waals surface area contributed by atoms with Crippen molar-refractivity contribution < 1.29 is 19.2 Å². The SMILES string of the molecule is COc1cc(/C=C(/C#N)C(=O)Nc2cccc(C)c2)cc(Br)c1OCc1cccc([N+](=O)[O-])c1. The molecule has 172 valence electrons. The maximum Gasteiger partial charge on any atom is 0.269 e. The number of anilines is 1. The number of nitrogens with one attached hydrogen (secondary N) is 1. The van der Waals surface area contributed by atoms with E-state index in [1.54, 1.807) is 36.4 Å². The highest BCUT2D eigenvalue weighted by Crippen LogP contribution is 2.38. The minimum Gasteiger partial charge on any atom is -0.493 e. The Morgan fingerprint density at radius 3 is 2.65 bits per heavy atom. The molecule has 0 atom stereocenters. The number of aryl methyl sites for hydroxylation is 1. The van der Waals surface area contributed by atoms with E-state index in [0.717, 1.165) is 5.56 Å². The molecule has 0 aliphatic rings. The Labute approximate surface area is 204 Å². The first-order valence-corrected chi connectivity index (χ1v) is 10.8. The van der Waals surface area contributed by atoms with Crippen molar-refractivity contribution in [2.75, 3.05) is 12.4 Å². The minimum absolute atomic E-state index is 0.0272. The van der Waals surface area contributed by atoms with Crippen molar-refractivity contribution in [2.45, 2.75) is 13.5 Å². The average Bonchev–Trinajstić information content (AvgIpc) is 2.81. The Morgan fingerprint density at radius 2 is 1.97 bits per heavy atom. The number of amides is 1. The summed E-state index contributed by atoms with van der Waals surface area (Å²) in [5.74, 6) is 0.213. The number of carbonyl (C=O) groups is 1. The van der Waals surface area contributed by atoms with E-state index >= 15 is 0 Å². The molecular weight excluding hydrogens is 502 g/mol. The number of non-ortho nitro benzene ring substituents is 1. The molecule has 0 saturated heterocycles. The van der Waals surface area contributed by atoms with Gasteiger partial charge in [0.2, 0.25) is 0 Å². The second kappa shape index (κ2) is 11.1. The number of nitro groups is 1. The van der Waals surface area contributed by atoms with Gasteiger partial charge in [0.05, 0.1) is 16.5 Å². The monoisotopic (exact) mass is 521 g/mol. The second-order valence-electron chi connectivity index (χ2n) is 7.24. The molecule has 1 amide bonds. The molecule has 1 N–H and O–H groups in total. The zero-order chi connectivity index (χ0) is 24.7. The second-order valence-corrected chi connectivity index (χ2v) is 8.10. The lowest BCUT2D eigenvalue weighted by Crippen LogP contribution is -2.13. The van der Waals surface area contributed by atoms with Crippen molar-refractivity contribution in [2.24, 2.45) is 0 Å². The van der Waals surface area contributed by atoms with E-state index in [-0.39, 0.29) is 17.9 Å². The number of nitrogens with zero attached hydrogens (tertiary/aromatic N) is 2. The highest BCUT2D eigenvalue weighted by atomic mass is 79.9. The van der Waals surface area contributed by atoms with Crippen LogP contribution >= 0.6 is 15.9 Å². The number of rotatable bonds is 8. The number of nitriles is 1. The summed E-state index contributed by atoms with van der Waals surface area (Å²) in [6.45, 7) is 1.98. The van der Waals surface area contributed by atoms with Crippen LogP contribution < -0.4 is 14.8 Å². The number of ether oxygens (including phenoxy) is 2. The van der Waals surface area contributed by atoms with Gasteiger partial charge in [0, 0.05) is 17.8 Å². The van der Waals surface area contributed by atoms with Gasteiger partial charge < -0.3 is 14.8 Å². The van der Waals surface area contributed by atoms with Gasteiger partial charge in [0.15, 0.2) is 11.5 Å². The van der Waals surface area contributed by atoms with E-state index in [9.17, 15) is 20.2 Å². The van der Waals surface area contributed by atoms with Crippen LogP contribution in [0.25, 0.3) is 6.08 Å². The Hall–Kier alpha value is -4.16. The Bertz CT molecular complexity index is 1310. The maximum atomic E-state index is 12.6. The van der Waals surface area contributed by atoms with E-state index in [1.807, 2.05) is 25.1 Å². The van der Waals surface area contributed by atoms with Gasteiger partial charge in [-0.2, -0.15) is 5.26 Å². The molecule has 0 unspecified atom stereocenters. The average molecular weight is 522 g/mol. The number of halogens is 1. The first kappa shape index (κ1) is 24.5. The molecule has 9 heteroatoms. The zero-order valence-corrected chi connectivity index (χ0v) is 20.0. The molecule has 0 aliphatic heterocycles. The standard InChI is InChI=1S/C25H20BrN3O5/c1-16-5-3-7-20(9-16)28-25(30)19(14-27)10-18-12-22(26)24(23(13-18)33-2)34-15-17-6-4-8-21(11-17)29(31)32/h3-13H,15H2,1-2H3,(H,28,30)/b19-10-. The number of carbonyl (C=O) groups excluding carboxylic acids is 1. The molecule has 0 heterocycles. The number of benzene rings is 3. The highest BCUT2D eigenvalue weighted by molar-refractivity contribution is 9.10. The molecule has 0 radical (unpaired) electrons. The third-order valence-corrected chi connectivity index (χ3v) is 5.30. The number of methoxy groups -OCH3 is 1. The first-order chi connectivity index (χ1) is 16.3. The predicted octanol–water partition coefficient (Wildman–Crippen LogP) is 5.80. The lowest BCUT2D eigenvalue weighted by molar-refractivity contribution is -0.384. The minimum atomic E-state index is -0.533. The fraction of sp³-hybridized carbons (Fsp3) is 0.120. The summed E-state index contributed by atoms with van der Waals surface area (Å²) in [6, 6.07) is 18.7. The summed E-state index contributed by atoms with van der Waals surface area (Å²) >= 11 is 3.43. The Balaban J connectivity index is 1.82. The molecule has 0 fully saturated rings. The summed E-state index contributed by atoms with van der Waals surface area (Å²) in [4.78, 5) is 23.1. The van der Waals surface area contributed by atoms with Gasteiger partial charge in [-0.3, -0.25) is 14.9 Å². The number of hydrogen-bond acceptors (Lipinski definition) is 6. The fourth-order valence-corrected chi connectivity index (χ4v) is 3.69. The molecule has 8 nitrogen and oxygen atoms in total. The molecule has 3 rings (SSSR count). The highest BCUT2D eigenvalue weighted by Gasteiger charge is 2.15. The maximum absolute atomic E-state index is 12.6. The predicted molar refractivity (Wildman–Crippen MR) is 132 cm³/mol. The summed E-state index contributed by atoms with van der Waals surface area (Å²) < 4.78 is 11.8. The van der Waals surface area contributed by atoms with Gasteiger partial charge in [-0.25, -0.2) is 0 Å². The van der Waals surface area contributed by atoms with Crippen LogP contribution in [0.4, 0.5) is 11.4 Å². The lowest BCUT2D eigenvalue weighted by atomic mass is 10.1. The van der Waals surface area contributed by atoms with Crippen LogP contribution in [-0.2, 0) is 11.4 Å². The molecular formula is C25H20BrN3O5. The quantitative estimate of drug-likeness (QED) is 0.173. The van der Waals surface area contributed by atoms with Crippen LogP contribution in [0.2, 0.25) is 0 Å². The Morgan fingerprint density at radius 1 is 1.21 bits per heavy atom. The van der Waals surface area contributed by atoms with Crippen LogP contribution in [0, 0.1) is 28.4 Å². The van der Waals surface area contributed by atoms with Crippen molar-refractivity contribution in [3.63, 3.8) is 0 Å². The van der Waals surface area contributed by atoms with Crippen LogP contribution in [0.3, 0.4) is 0 Å². The van der Waals surface area contributed by atoms with Crippen molar-refractivity contribution in [1.82, 2.24) is 0 Å². The fourth-order valence-electron chi connectivity index (χ4n) is 3.12. The summed E-state index contributed by atoms with van der Waals surface area (Å²) in [6.07, 6.45) is 1.45. The van der Waals surface area contributed by atoms with Gasteiger partial charge >= 0.3 is 0 Å². The zero-order valence-electron chi connectivity index (χ0n) is 18.4. The van der Waals surface area contributed by atoms with E-state index in [4.69, 9.17) is 9.47 Å². The van der Waals surface area contributed by atoms with Crippen molar-refractivity contribution >= 4 is 39.3 Å². The van der Waals surface area contributed by atoms with Gasteiger partial charge in [0.25, 0.3) is 11.6 Å². The normalized spacial score (nSPS) is 10.8. The number of nitro benzene ring substituents is 1. The van der Waals surface area contributed by atoms with Gasteiger partial charge in [0.1, 0.15) is 18.2 Å². The summed E-state index contributed by atoms with van der Waals surface area (Å²) in [5.41, 5.74) is 2.62. The van der Waals surface area contributed by atoms with Crippen LogP contribution in [0.5, 0.6) is 11.5 Å². The molecule has 0 bridgehead atoms. The van der Waals surface area contributed by atoms with E-state index in [0.29, 0.717) is 32.8 Å². The van der Waals surface area contributed by atoms with Crippen LogP contribution in [-0.4, -0.2) is 17.9 Å². The smallest absolute Gasteiger partial charge is 0.269 e. The largest absolute Gasteiger partial charge is 0.493 e. The van der Waals surface area contributed by atoms with E-state index < -0.39 is 10.8 Å². The van der Waals surface area contributed by atoms with Crippen molar-refractivity contribution in [1.29, 1.82) is 5.26 Å². The third-order valence-electron chi connectivity index (χ3n) is 4.71. The summed E-state index contributed by atoms with van der Waals surface area (Å²) in [7, 11) is 1.46. The van der Waals surface area contributed by atoms with E-state index in [1.165, 1.54) is 25.3 Å². The van der Waals surface area contributed by atoms with Gasteiger partial charge in [-0.1, -0.05) is 24.3 Å². The van der Waals surface area contributed by atoms with Crippen molar-refractivity contribution in [3.05, 3.63) is 97.5 Å². The van der Waals surface area contributed by atoms with Gasteiger partial charge in [-0.15, -0.1) is 0 Å². The molecule has 3 aromatic rings. The van der Waals surface area contributed by atoms with Gasteiger partial charge in [-0.05, 0) is 69.9 Å². The number of hydrogen-bond donors (Lipinski definition) is 1. The molecule has 0 aliphatic carbocycles. The molecule has 3 aromatic carbocycles. The molecule has 0 aromatic heterocycles. The molecule has 0 saturated carbocycles. The Kier molecular flexibility index (Phi) is 8.01. The lowest BCUT2D eigenvalue weighted by Gasteiger charge is -2.14. The van der Waals surface area contributed by atoms with Crippen LogP contribution in [0.1, 0.15) is 16.7 Å². The molecule has 34 heavy (non-hydrogen) atoms. The first-order valence-electron chi connectivity index (χ1n) is 10.0. The third kappa shape index (κ3) is 6.21. The van der Waals surface area contributed by atoms with Crippen LogP contribution in [0.15, 0.2) is 70.7 Å².